The van der Waals surface area contributed by atoms with Gasteiger partial charge in [0.15, 0.2) is 0 Å². The molecule has 0 spiro atoms. The molecule has 3 heteroatoms. The van der Waals surface area contributed by atoms with Crippen molar-refractivity contribution in [2.24, 2.45) is 5.92 Å². The van der Waals surface area contributed by atoms with E-state index in [1.165, 1.54) is 12.8 Å². The minimum absolute atomic E-state index is 0.0612. The summed E-state index contributed by atoms with van der Waals surface area (Å²) in [5, 5.41) is 6.48. The lowest BCUT2D eigenvalue weighted by atomic mass is 9.87. The Bertz CT molecular complexity index is 427. The van der Waals surface area contributed by atoms with Gasteiger partial charge in [0.1, 0.15) is 0 Å². The zero-order valence-electron chi connectivity index (χ0n) is 12.6. The van der Waals surface area contributed by atoms with Crippen LogP contribution in [0.2, 0.25) is 0 Å². The van der Waals surface area contributed by atoms with Gasteiger partial charge in [0, 0.05) is 23.8 Å². The fraction of sp³-hybridized carbons (Fsp3) is 0.588. The molecule has 2 N–H and O–H groups in total. The summed E-state index contributed by atoms with van der Waals surface area (Å²) in [6, 6.07) is 8.12. The molecule has 1 fully saturated rings. The van der Waals surface area contributed by atoms with Crippen molar-refractivity contribution in [2.75, 3.05) is 11.9 Å². The summed E-state index contributed by atoms with van der Waals surface area (Å²) in [6.45, 7) is 5.37. The SMILES string of the molecule is CCCNc1ccc(C(=O)NC2CCCC(C)C2)cc1. The number of amides is 1. The van der Waals surface area contributed by atoms with E-state index in [0.717, 1.165) is 43.0 Å². The summed E-state index contributed by atoms with van der Waals surface area (Å²) in [4.78, 5) is 12.2. The molecule has 1 aliphatic rings. The van der Waals surface area contributed by atoms with E-state index in [2.05, 4.69) is 24.5 Å². The minimum atomic E-state index is 0.0612. The van der Waals surface area contributed by atoms with E-state index in [4.69, 9.17) is 0 Å². The van der Waals surface area contributed by atoms with Crippen LogP contribution in [0.1, 0.15) is 56.3 Å². The Balaban J connectivity index is 1.88. The molecule has 0 saturated heterocycles. The Morgan fingerprint density at radius 3 is 2.65 bits per heavy atom. The Morgan fingerprint density at radius 1 is 1.25 bits per heavy atom. The Morgan fingerprint density at radius 2 is 2.00 bits per heavy atom. The molecule has 1 aromatic carbocycles. The fourth-order valence-corrected chi connectivity index (χ4v) is 2.84. The lowest BCUT2D eigenvalue weighted by molar-refractivity contribution is 0.0921. The third kappa shape index (κ3) is 4.26. The van der Waals surface area contributed by atoms with Gasteiger partial charge in [-0.25, -0.2) is 0 Å². The molecular weight excluding hydrogens is 248 g/mol. The van der Waals surface area contributed by atoms with Crippen LogP contribution in [0.3, 0.4) is 0 Å². The highest BCUT2D eigenvalue weighted by molar-refractivity contribution is 5.94. The second-order valence-electron chi connectivity index (χ2n) is 5.95. The highest BCUT2D eigenvalue weighted by Gasteiger charge is 2.20. The van der Waals surface area contributed by atoms with Crippen LogP contribution in [-0.4, -0.2) is 18.5 Å². The number of carbonyl (C=O) groups is 1. The monoisotopic (exact) mass is 274 g/mol. The molecule has 0 heterocycles. The maximum Gasteiger partial charge on any atom is 0.251 e. The maximum absolute atomic E-state index is 12.2. The van der Waals surface area contributed by atoms with Crippen LogP contribution in [0.5, 0.6) is 0 Å². The number of carbonyl (C=O) groups excluding carboxylic acids is 1. The molecule has 1 aliphatic carbocycles. The fourth-order valence-electron chi connectivity index (χ4n) is 2.84. The molecule has 0 aliphatic heterocycles. The molecule has 2 unspecified atom stereocenters. The van der Waals surface area contributed by atoms with Crippen LogP contribution in [0, 0.1) is 5.92 Å². The van der Waals surface area contributed by atoms with E-state index in [9.17, 15) is 4.79 Å². The maximum atomic E-state index is 12.2. The molecule has 1 amide bonds. The van der Waals surface area contributed by atoms with E-state index in [0.29, 0.717) is 6.04 Å². The van der Waals surface area contributed by atoms with Crippen LogP contribution in [0.15, 0.2) is 24.3 Å². The molecule has 0 aromatic heterocycles. The van der Waals surface area contributed by atoms with Gasteiger partial charge >= 0.3 is 0 Å². The molecular formula is C17H26N2O. The molecule has 2 atom stereocenters. The van der Waals surface area contributed by atoms with E-state index < -0.39 is 0 Å². The van der Waals surface area contributed by atoms with Crippen LogP contribution < -0.4 is 10.6 Å². The average Bonchev–Trinajstić information content (AvgIpc) is 2.45. The minimum Gasteiger partial charge on any atom is -0.385 e. The van der Waals surface area contributed by atoms with Gasteiger partial charge in [-0.05, 0) is 49.4 Å². The van der Waals surface area contributed by atoms with Gasteiger partial charge in [-0.2, -0.15) is 0 Å². The Labute approximate surface area is 122 Å². The standard InChI is InChI=1S/C17H26N2O/c1-3-11-18-15-9-7-14(8-10-15)17(20)19-16-6-4-5-13(2)12-16/h7-10,13,16,18H,3-6,11-12H2,1-2H3,(H,19,20). The smallest absolute Gasteiger partial charge is 0.251 e. The zero-order valence-corrected chi connectivity index (χ0v) is 12.6. The summed E-state index contributed by atoms with van der Waals surface area (Å²) in [5.41, 5.74) is 1.83. The third-order valence-electron chi connectivity index (χ3n) is 4.00. The van der Waals surface area contributed by atoms with E-state index in [1.807, 2.05) is 24.3 Å². The summed E-state index contributed by atoms with van der Waals surface area (Å²) in [7, 11) is 0. The van der Waals surface area contributed by atoms with E-state index in [1.54, 1.807) is 0 Å². The van der Waals surface area contributed by atoms with Gasteiger partial charge in [-0.1, -0.05) is 26.7 Å². The average molecular weight is 274 g/mol. The second kappa shape index (κ2) is 7.32. The largest absolute Gasteiger partial charge is 0.385 e. The zero-order chi connectivity index (χ0) is 14.4. The first kappa shape index (κ1) is 14.9. The molecule has 3 nitrogen and oxygen atoms in total. The van der Waals surface area contributed by atoms with Gasteiger partial charge in [0.25, 0.3) is 5.91 Å². The van der Waals surface area contributed by atoms with Crippen molar-refractivity contribution in [3.63, 3.8) is 0 Å². The number of hydrogen-bond donors (Lipinski definition) is 2. The van der Waals surface area contributed by atoms with Crippen molar-refractivity contribution in [1.82, 2.24) is 5.32 Å². The molecule has 2 rings (SSSR count). The van der Waals surface area contributed by atoms with Gasteiger partial charge in [0.2, 0.25) is 0 Å². The molecule has 1 saturated carbocycles. The number of hydrogen-bond acceptors (Lipinski definition) is 2. The van der Waals surface area contributed by atoms with Gasteiger partial charge in [0.05, 0.1) is 0 Å². The summed E-state index contributed by atoms with van der Waals surface area (Å²) in [5.74, 6) is 0.792. The molecule has 110 valence electrons. The van der Waals surface area contributed by atoms with E-state index in [-0.39, 0.29) is 5.91 Å². The highest BCUT2D eigenvalue weighted by atomic mass is 16.1. The Kier molecular flexibility index (Phi) is 5.45. The quantitative estimate of drug-likeness (QED) is 0.857. The summed E-state index contributed by atoms with van der Waals surface area (Å²) >= 11 is 0. The van der Waals surface area contributed by atoms with Crippen LogP contribution in [-0.2, 0) is 0 Å². The van der Waals surface area contributed by atoms with Gasteiger partial charge < -0.3 is 10.6 Å². The first-order valence-electron chi connectivity index (χ1n) is 7.84. The van der Waals surface area contributed by atoms with Crippen molar-refractivity contribution < 1.29 is 4.79 Å². The number of nitrogens with one attached hydrogen (secondary N) is 2. The van der Waals surface area contributed by atoms with Gasteiger partial charge in [-0.3, -0.25) is 4.79 Å². The Hall–Kier alpha value is -1.51. The van der Waals surface area contributed by atoms with E-state index >= 15 is 0 Å². The first-order chi connectivity index (χ1) is 9.69. The predicted octanol–water partition coefficient (Wildman–Crippen LogP) is 3.82. The van der Waals surface area contributed by atoms with Crippen molar-refractivity contribution in [3.8, 4) is 0 Å². The molecule has 0 radical (unpaired) electrons. The van der Waals surface area contributed by atoms with Crippen LogP contribution in [0.4, 0.5) is 5.69 Å². The lowest BCUT2D eigenvalue weighted by Crippen LogP contribution is -2.37. The van der Waals surface area contributed by atoms with Crippen LogP contribution in [0.25, 0.3) is 0 Å². The number of benzene rings is 1. The molecule has 20 heavy (non-hydrogen) atoms. The number of rotatable bonds is 5. The normalized spacial score (nSPS) is 22.3. The highest BCUT2D eigenvalue weighted by Crippen LogP contribution is 2.23. The number of anilines is 1. The molecule has 0 bridgehead atoms. The summed E-state index contributed by atoms with van der Waals surface area (Å²) < 4.78 is 0. The van der Waals surface area contributed by atoms with Gasteiger partial charge in [-0.15, -0.1) is 0 Å². The second-order valence-corrected chi connectivity index (χ2v) is 5.95. The predicted molar refractivity (Wildman–Crippen MR) is 84.1 cm³/mol. The van der Waals surface area contributed by atoms with Crippen LogP contribution >= 0.6 is 0 Å². The third-order valence-corrected chi connectivity index (χ3v) is 4.00. The topological polar surface area (TPSA) is 41.1 Å². The van der Waals surface area contributed by atoms with Crippen molar-refractivity contribution in [2.45, 2.75) is 52.0 Å². The van der Waals surface area contributed by atoms with Crippen molar-refractivity contribution >= 4 is 11.6 Å². The first-order valence-corrected chi connectivity index (χ1v) is 7.84. The lowest BCUT2D eigenvalue weighted by Gasteiger charge is -2.27. The molecule has 1 aromatic rings. The van der Waals surface area contributed by atoms with Crippen molar-refractivity contribution in [1.29, 1.82) is 0 Å². The van der Waals surface area contributed by atoms with Crippen molar-refractivity contribution in [3.05, 3.63) is 29.8 Å². The summed E-state index contributed by atoms with van der Waals surface area (Å²) in [6.07, 6.45) is 5.85.